The second-order valence-electron chi connectivity index (χ2n) is 4.24. The summed E-state index contributed by atoms with van der Waals surface area (Å²) >= 11 is 0. The van der Waals surface area contributed by atoms with Crippen LogP contribution in [0.2, 0.25) is 0 Å². The van der Waals surface area contributed by atoms with E-state index in [0.29, 0.717) is 0 Å². The monoisotopic (exact) mass is 274 g/mol. The largest absolute Gasteiger partial charge is 0.476 e. The SMILES string of the molecule is O=C(CCn1nnc(C(=O)O)c1C(F)F)NC1CC1. The number of halogens is 2. The van der Waals surface area contributed by atoms with Crippen LogP contribution >= 0.6 is 0 Å². The average Bonchev–Trinajstić information content (AvgIpc) is 3.02. The molecule has 19 heavy (non-hydrogen) atoms. The van der Waals surface area contributed by atoms with Gasteiger partial charge >= 0.3 is 5.97 Å². The first-order valence-corrected chi connectivity index (χ1v) is 5.73. The van der Waals surface area contributed by atoms with Gasteiger partial charge in [-0.05, 0) is 12.8 Å². The molecule has 0 unspecified atom stereocenters. The minimum Gasteiger partial charge on any atom is -0.476 e. The first-order valence-electron chi connectivity index (χ1n) is 5.73. The van der Waals surface area contributed by atoms with Crippen LogP contribution in [-0.4, -0.2) is 38.0 Å². The van der Waals surface area contributed by atoms with E-state index < -0.39 is 23.8 Å². The maximum atomic E-state index is 12.8. The summed E-state index contributed by atoms with van der Waals surface area (Å²) in [5, 5.41) is 17.9. The van der Waals surface area contributed by atoms with Crippen LogP contribution < -0.4 is 5.32 Å². The molecule has 104 valence electrons. The van der Waals surface area contributed by atoms with Gasteiger partial charge in [-0.15, -0.1) is 5.10 Å². The van der Waals surface area contributed by atoms with Crippen molar-refractivity contribution in [3.8, 4) is 0 Å². The Kier molecular flexibility index (Phi) is 3.72. The van der Waals surface area contributed by atoms with Crippen LogP contribution in [0.15, 0.2) is 0 Å². The highest BCUT2D eigenvalue weighted by Gasteiger charge is 2.27. The van der Waals surface area contributed by atoms with E-state index in [9.17, 15) is 18.4 Å². The number of hydrogen-bond donors (Lipinski definition) is 2. The Morgan fingerprint density at radius 1 is 1.47 bits per heavy atom. The van der Waals surface area contributed by atoms with Crippen LogP contribution in [0.3, 0.4) is 0 Å². The maximum Gasteiger partial charge on any atom is 0.358 e. The predicted octanol–water partition coefficient (Wildman–Crippen LogP) is 0.583. The van der Waals surface area contributed by atoms with Gasteiger partial charge in [0.2, 0.25) is 5.91 Å². The Morgan fingerprint density at radius 2 is 2.16 bits per heavy atom. The number of alkyl halides is 2. The van der Waals surface area contributed by atoms with Gasteiger partial charge in [0.15, 0.2) is 5.69 Å². The lowest BCUT2D eigenvalue weighted by Gasteiger charge is -2.06. The van der Waals surface area contributed by atoms with E-state index in [2.05, 4.69) is 15.6 Å². The minimum atomic E-state index is -3.01. The van der Waals surface area contributed by atoms with Gasteiger partial charge in [-0.2, -0.15) is 0 Å². The van der Waals surface area contributed by atoms with Crippen molar-refractivity contribution < 1.29 is 23.5 Å². The molecular formula is C10H12F2N4O3. The van der Waals surface area contributed by atoms with Crippen molar-refractivity contribution in [2.45, 2.75) is 38.3 Å². The molecule has 1 aromatic rings. The number of hydrogen-bond acceptors (Lipinski definition) is 4. The van der Waals surface area contributed by atoms with E-state index in [4.69, 9.17) is 5.11 Å². The van der Waals surface area contributed by atoms with E-state index in [0.717, 1.165) is 17.5 Å². The molecule has 9 heteroatoms. The van der Waals surface area contributed by atoms with Gasteiger partial charge in [0.05, 0.1) is 6.54 Å². The average molecular weight is 274 g/mol. The number of amides is 1. The lowest BCUT2D eigenvalue weighted by atomic mass is 10.3. The fourth-order valence-electron chi connectivity index (χ4n) is 1.59. The molecule has 2 N–H and O–H groups in total. The molecule has 1 amide bonds. The molecule has 2 rings (SSSR count). The Balaban J connectivity index is 2.02. The number of nitrogens with one attached hydrogen (secondary N) is 1. The smallest absolute Gasteiger partial charge is 0.358 e. The molecule has 0 radical (unpaired) electrons. The van der Waals surface area contributed by atoms with Crippen molar-refractivity contribution in [1.82, 2.24) is 20.3 Å². The minimum absolute atomic E-state index is 0.0430. The Hall–Kier alpha value is -2.06. The third-order valence-corrected chi connectivity index (χ3v) is 2.68. The van der Waals surface area contributed by atoms with E-state index in [1.54, 1.807) is 0 Å². The molecule has 1 saturated carbocycles. The molecule has 1 aromatic heterocycles. The molecule has 0 bridgehead atoms. The van der Waals surface area contributed by atoms with E-state index in [1.165, 1.54) is 0 Å². The summed E-state index contributed by atoms with van der Waals surface area (Å²) in [5.41, 5.74) is -1.55. The van der Waals surface area contributed by atoms with E-state index >= 15 is 0 Å². The zero-order valence-electron chi connectivity index (χ0n) is 9.84. The van der Waals surface area contributed by atoms with E-state index in [-0.39, 0.29) is 24.9 Å². The molecule has 0 saturated heterocycles. The van der Waals surface area contributed by atoms with Crippen molar-refractivity contribution in [2.24, 2.45) is 0 Å². The van der Waals surface area contributed by atoms with Crippen molar-refractivity contribution in [2.75, 3.05) is 0 Å². The zero-order valence-corrected chi connectivity index (χ0v) is 9.84. The van der Waals surface area contributed by atoms with Crippen molar-refractivity contribution in [3.05, 3.63) is 11.4 Å². The predicted molar refractivity (Wildman–Crippen MR) is 57.7 cm³/mol. The number of carboxylic acids is 1. The highest BCUT2D eigenvalue weighted by molar-refractivity contribution is 5.86. The van der Waals surface area contributed by atoms with Crippen LogP contribution in [0.25, 0.3) is 0 Å². The van der Waals surface area contributed by atoms with E-state index in [1.807, 2.05) is 0 Å². The van der Waals surface area contributed by atoms with Gasteiger partial charge < -0.3 is 10.4 Å². The summed E-state index contributed by atoms with van der Waals surface area (Å²) in [4.78, 5) is 22.1. The summed E-state index contributed by atoms with van der Waals surface area (Å²) < 4.78 is 26.3. The molecule has 7 nitrogen and oxygen atoms in total. The second-order valence-corrected chi connectivity index (χ2v) is 4.24. The number of carbonyl (C=O) groups is 2. The van der Waals surface area contributed by atoms with Gasteiger partial charge in [-0.1, -0.05) is 5.21 Å². The molecule has 0 aromatic carbocycles. The fraction of sp³-hybridized carbons (Fsp3) is 0.600. The normalized spacial score (nSPS) is 14.7. The Morgan fingerprint density at radius 3 is 2.68 bits per heavy atom. The Bertz CT molecular complexity index is 499. The van der Waals surface area contributed by atoms with Gasteiger partial charge in [-0.3, -0.25) is 4.79 Å². The maximum absolute atomic E-state index is 12.8. The fourth-order valence-corrected chi connectivity index (χ4v) is 1.59. The number of carboxylic acid groups (broad SMARTS) is 1. The summed E-state index contributed by atoms with van der Waals surface area (Å²) in [6.07, 6.45) is -1.19. The molecule has 1 heterocycles. The number of carbonyl (C=O) groups excluding carboxylic acids is 1. The van der Waals surface area contributed by atoms with Crippen molar-refractivity contribution in [1.29, 1.82) is 0 Å². The van der Waals surface area contributed by atoms with Crippen LogP contribution in [0.1, 0.15) is 41.9 Å². The third-order valence-electron chi connectivity index (χ3n) is 2.68. The third kappa shape index (κ3) is 3.24. The molecule has 1 aliphatic rings. The zero-order chi connectivity index (χ0) is 14.0. The number of aryl methyl sites for hydroxylation is 1. The van der Waals surface area contributed by atoms with Crippen LogP contribution in [-0.2, 0) is 11.3 Å². The number of rotatable bonds is 6. The van der Waals surface area contributed by atoms with Crippen LogP contribution in [0.4, 0.5) is 8.78 Å². The summed E-state index contributed by atoms with van der Waals surface area (Å²) in [7, 11) is 0. The Labute approximate surface area is 106 Å². The summed E-state index contributed by atoms with van der Waals surface area (Å²) in [5.74, 6) is -1.83. The second kappa shape index (κ2) is 5.29. The summed E-state index contributed by atoms with van der Waals surface area (Å²) in [6.45, 7) is -0.126. The summed E-state index contributed by atoms with van der Waals surface area (Å²) in [6, 6.07) is 0.187. The molecule has 0 spiro atoms. The van der Waals surface area contributed by atoms with Crippen LogP contribution in [0, 0.1) is 0 Å². The molecular weight excluding hydrogens is 262 g/mol. The number of aromatic carboxylic acids is 1. The number of aromatic nitrogens is 3. The van der Waals surface area contributed by atoms with Crippen LogP contribution in [0.5, 0.6) is 0 Å². The highest BCUT2D eigenvalue weighted by atomic mass is 19.3. The highest BCUT2D eigenvalue weighted by Crippen LogP contribution is 2.22. The van der Waals surface area contributed by atoms with Gasteiger partial charge in [0.1, 0.15) is 5.69 Å². The molecule has 1 aliphatic carbocycles. The first-order chi connectivity index (χ1) is 8.99. The van der Waals surface area contributed by atoms with Gasteiger partial charge in [0, 0.05) is 12.5 Å². The standard InChI is InChI=1S/C10H12F2N4O3/c11-9(12)8-7(10(18)19)14-15-16(8)4-3-6(17)13-5-1-2-5/h5,9H,1-4H2,(H,13,17)(H,18,19). The van der Waals surface area contributed by atoms with Gasteiger partial charge in [-0.25, -0.2) is 18.3 Å². The lowest BCUT2D eigenvalue weighted by molar-refractivity contribution is -0.121. The molecule has 0 atom stereocenters. The molecule has 0 aliphatic heterocycles. The number of nitrogens with zero attached hydrogens (tertiary/aromatic N) is 3. The lowest BCUT2D eigenvalue weighted by Crippen LogP contribution is -2.26. The van der Waals surface area contributed by atoms with Crippen molar-refractivity contribution in [3.63, 3.8) is 0 Å². The topological polar surface area (TPSA) is 97.1 Å². The van der Waals surface area contributed by atoms with Gasteiger partial charge in [0.25, 0.3) is 6.43 Å². The van der Waals surface area contributed by atoms with Crippen molar-refractivity contribution >= 4 is 11.9 Å². The first kappa shape index (κ1) is 13.4. The molecule has 1 fully saturated rings. The quantitative estimate of drug-likeness (QED) is 0.791.